The van der Waals surface area contributed by atoms with Gasteiger partial charge in [-0.15, -0.1) is 0 Å². The molecule has 10 atom stereocenters. The number of aromatic hydroxyl groups is 4. The number of phenols is 4. The second-order valence-electron chi connectivity index (χ2n) is 13.0. The molecule has 0 amide bonds. The van der Waals surface area contributed by atoms with Crippen LogP contribution in [0.1, 0.15) is 12.5 Å². The normalized spacial score (nSPS) is 27.9. The average Bonchev–Trinajstić information content (AvgIpc) is 3.17. The van der Waals surface area contributed by atoms with Crippen molar-refractivity contribution in [2.75, 3.05) is 20.8 Å². The monoisotopic (exact) mass is 785 g/mol. The van der Waals surface area contributed by atoms with Crippen LogP contribution >= 0.6 is 0 Å². The van der Waals surface area contributed by atoms with Crippen molar-refractivity contribution in [3.05, 3.63) is 66.2 Å². The van der Waals surface area contributed by atoms with Gasteiger partial charge in [0, 0.05) is 30.3 Å². The molecule has 0 saturated carbocycles. The van der Waals surface area contributed by atoms with Crippen molar-refractivity contribution in [1.82, 2.24) is 0 Å². The summed E-state index contributed by atoms with van der Waals surface area (Å²) in [6, 6.07) is 12.3. The summed E-state index contributed by atoms with van der Waals surface area (Å²) in [5.41, 5.74) is 0.772. The molecule has 0 bridgehead atoms. The Morgan fingerprint density at radius 3 is 2.09 bits per heavy atom. The van der Waals surface area contributed by atoms with Gasteiger partial charge in [0.2, 0.25) is 17.8 Å². The Hall–Kier alpha value is -5.44. The second-order valence-corrected chi connectivity index (χ2v) is 13.0. The zero-order chi connectivity index (χ0) is 40.4. The topological polar surface area (TPSA) is 275 Å². The highest BCUT2D eigenvalue weighted by Gasteiger charge is 2.49. The minimum atomic E-state index is -1.88. The highest BCUT2D eigenvalue weighted by Crippen LogP contribution is 2.45. The zero-order valence-electron chi connectivity index (χ0n) is 30.0. The fraction of sp³-hybridized carbons (Fsp3) is 0.368. The standard InChI is InChI=1S/C38H40O18/c1-16-35(56-28(42)9-6-17-4-7-19(39)8-5-17)32(46)34(48)37(52-16)51-15-27-30(44)31(45)33(47)38(55-27)54-26-14-21-22(41)12-20(40)13-23(21)53-36(26)18-10-24(49-2)29(43)25(11-18)50-3/h4-14,16,27,30-35,37-38,44-48H,15H2,1-3H3,(H3-,39,40,41,42,43)/p+1. The number of ether oxygens (including phenoxy) is 7. The summed E-state index contributed by atoms with van der Waals surface area (Å²) in [5.74, 6) is -2.20. The van der Waals surface area contributed by atoms with E-state index in [0.717, 1.165) is 12.1 Å². The first-order valence-electron chi connectivity index (χ1n) is 17.1. The van der Waals surface area contributed by atoms with Gasteiger partial charge in [-0.3, -0.25) is 0 Å². The number of aliphatic hydroxyl groups excluding tert-OH is 5. The van der Waals surface area contributed by atoms with E-state index in [9.17, 15) is 50.8 Å². The van der Waals surface area contributed by atoms with E-state index in [1.807, 2.05) is 0 Å². The first-order chi connectivity index (χ1) is 26.7. The van der Waals surface area contributed by atoms with Crippen molar-refractivity contribution in [3.8, 4) is 51.6 Å². The van der Waals surface area contributed by atoms with Gasteiger partial charge in [-0.1, -0.05) is 12.1 Å². The summed E-state index contributed by atoms with van der Waals surface area (Å²) in [6.45, 7) is 0.876. The Kier molecular flexibility index (Phi) is 12.0. The van der Waals surface area contributed by atoms with Crippen LogP contribution < -0.4 is 14.2 Å². The minimum Gasteiger partial charge on any atom is -0.508 e. The summed E-state index contributed by atoms with van der Waals surface area (Å²) in [7, 11) is 2.60. The van der Waals surface area contributed by atoms with Gasteiger partial charge in [0.05, 0.1) is 38.6 Å². The molecule has 9 N–H and O–H groups in total. The third-order valence-electron chi connectivity index (χ3n) is 9.23. The minimum absolute atomic E-state index is 0.00675. The number of fused-ring (bicyclic) bond motifs is 1. The SMILES string of the molecule is COc1cc(-c2[o+]c3cc(O)cc(O)c3cc2OC2OC(COC3OC(C)C(OC(=O)C=Cc4ccc(O)cc4)C(O)C3O)C(O)C(O)C2O)cc(OC)c1O. The Morgan fingerprint density at radius 1 is 0.768 bits per heavy atom. The number of methoxy groups -OCH3 is 2. The fourth-order valence-corrected chi connectivity index (χ4v) is 6.19. The van der Waals surface area contributed by atoms with E-state index in [-0.39, 0.29) is 56.8 Å². The molecular formula is C38H41O18+. The lowest BCUT2D eigenvalue weighted by Crippen LogP contribution is -2.62. The summed E-state index contributed by atoms with van der Waals surface area (Å²) >= 11 is 0. The fourth-order valence-electron chi connectivity index (χ4n) is 6.19. The number of esters is 1. The van der Waals surface area contributed by atoms with Crippen LogP contribution in [0.15, 0.2) is 65.1 Å². The molecule has 2 aliphatic rings. The van der Waals surface area contributed by atoms with E-state index in [0.29, 0.717) is 5.56 Å². The first-order valence-corrected chi connectivity index (χ1v) is 17.1. The van der Waals surface area contributed by atoms with E-state index in [1.54, 1.807) is 12.1 Å². The molecule has 6 rings (SSSR count). The molecule has 2 saturated heterocycles. The number of carbonyl (C=O) groups excluding carboxylic acids is 1. The van der Waals surface area contributed by atoms with Crippen LogP contribution in [0.5, 0.6) is 40.2 Å². The van der Waals surface area contributed by atoms with Gasteiger partial charge in [-0.05, 0) is 30.7 Å². The molecule has 1 aromatic heterocycles. The predicted octanol–water partition coefficient (Wildman–Crippen LogP) is 1.52. The molecular weight excluding hydrogens is 744 g/mol. The molecule has 56 heavy (non-hydrogen) atoms. The summed E-state index contributed by atoms with van der Waals surface area (Å²) < 4.78 is 45.1. The molecule has 2 fully saturated rings. The van der Waals surface area contributed by atoms with E-state index in [4.69, 9.17) is 37.6 Å². The Balaban J connectivity index is 1.18. The molecule has 4 aromatic rings. The molecule has 3 heterocycles. The lowest BCUT2D eigenvalue weighted by molar-refractivity contribution is -0.319. The van der Waals surface area contributed by atoms with Crippen LogP contribution in [0.25, 0.3) is 28.4 Å². The largest absolute Gasteiger partial charge is 0.508 e. The van der Waals surface area contributed by atoms with Crippen LogP contribution in [0.3, 0.4) is 0 Å². The van der Waals surface area contributed by atoms with Crippen molar-refractivity contribution in [2.24, 2.45) is 0 Å². The number of hydrogen-bond donors (Lipinski definition) is 9. The van der Waals surface area contributed by atoms with Gasteiger partial charge < -0.3 is 79.1 Å². The number of aliphatic hydroxyl groups is 5. The molecule has 0 spiro atoms. The third-order valence-corrected chi connectivity index (χ3v) is 9.23. The van der Waals surface area contributed by atoms with Crippen LogP contribution in [0.4, 0.5) is 0 Å². The maximum Gasteiger partial charge on any atom is 0.402 e. The van der Waals surface area contributed by atoms with Crippen molar-refractivity contribution in [1.29, 1.82) is 0 Å². The van der Waals surface area contributed by atoms with Crippen LogP contribution in [-0.2, 0) is 23.7 Å². The maximum atomic E-state index is 12.5. The predicted molar refractivity (Wildman–Crippen MR) is 191 cm³/mol. The Bertz CT molecular complexity index is 2030. The Morgan fingerprint density at radius 2 is 1.43 bits per heavy atom. The summed E-state index contributed by atoms with van der Waals surface area (Å²) in [5, 5.41) is 95.0. The van der Waals surface area contributed by atoms with Crippen molar-refractivity contribution < 1.29 is 88.3 Å². The molecule has 10 unspecified atom stereocenters. The van der Waals surface area contributed by atoms with Crippen molar-refractivity contribution in [2.45, 2.75) is 68.3 Å². The first kappa shape index (κ1) is 40.2. The highest BCUT2D eigenvalue weighted by atomic mass is 16.7. The molecule has 18 nitrogen and oxygen atoms in total. The number of hydrogen-bond acceptors (Lipinski definition) is 17. The van der Waals surface area contributed by atoms with Crippen LogP contribution in [-0.4, -0.2) is 134 Å². The quantitative estimate of drug-likeness (QED) is 0.0592. The van der Waals surface area contributed by atoms with E-state index in [2.05, 4.69) is 0 Å². The van der Waals surface area contributed by atoms with Gasteiger partial charge in [0.1, 0.15) is 59.3 Å². The number of benzene rings is 3. The number of rotatable bonds is 11. The van der Waals surface area contributed by atoms with Gasteiger partial charge in [0.25, 0.3) is 0 Å². The molecule has 2 aliphatic heterocycles. The smallest absolute Gasteiger partial charge is 0.402 e. The maximum absolute atomic E-state index is 12.5. The summed E-state index contributed by atoms with van der Waals surface area (Å²) in [4.78, 5) is 12.5. The van der Waals surface area contributed by atoms with Gasteiger partial charge in [-0.25, -0.2) is 9.21 Å². The molecule has 3 aromatic carbocycles. The van der Waals surface area contributed by atoms with Gasteiger partial charge in [-0.2, -0.15) is 0 Å². The van der Waals surface area contributed by atoms with Crippen LogP contribution in [0.2, 0.25) is 0 Å². The number of phenolic OH excluding ortho intramolecular Hbond substituents is 4. The van der Waals surface area contributed by atoms with E-state index < -0.39 is 79.7 Å². The van der Waals surface area contributed by atoms with Gasteiger partial charge in [0.15, 0.2) is 23.9 Å². The molecule has 18 heteroatoms. The van der Waals surface area contributed by atoms with E-state index in [1.165, 1.54) is 63.6 Å². The lowest BCUT2D eigenvalue weighted by atomic mass is 9.98. The summed E-state index contributed by atoms with van der Waals surface area (Å²) in [6.07, 6.45) is -13.5. The molecule has 0 radical (unpaired) electrons. The van der Waals surface area contributed by atoms with Crippen molar-refractivity contribution in [3.63, 3.8) is 0 Å². The average molecular weight is 786 g/mol. The molecule has 300 valence electrons. The van der Waals surface area contributed by atoms with Gasteiger partial charge >= 0.3 is 17.3 Å². The van der Waals surface area contributed by atoms with Crippen molar-refractivity contribution >= 4 is 23.0 Å². The Labute approximate surface area is 318 Å². The van der Waals surface area contributed by atoms with E-state index >= 15 is 0 Å². The highest BCUT2D eigenvalue weighted by molar-refractivity contribution is 5.89. The number of carbonyl (C=O) groups is 1. The molecule has 0 aliphatic carbocycles. The zero-order valence-corrected chi connectivity index (χ0v) is 30.0. The third kappa shape index (κ3) is 8.37. The second kappa shape index (κ2) is 16.7. The van der Waals surface area contributed by atoms with Crippen LogP contribution in [0, 0.1) is 0 Å². The lowest BCUT2D eigenvalue weighted by Gasteiger charge is -2.42.